The second-order valence-corrected chi connectivity index (χ2v) is 7.25. The SMILES string of the molecule is Cc1cc2ncn(CC(O)Cn3cnc4c3c(=O)n(C)c(=O)n4C)c2cc1C. The largest absolute Gasteiger partial charge is 0.389 e. The third-order valence-electron chi connectivity index (χ3n) is 5.27. The Hall–Kier alpha value is -3.20. The molecule has 28 heavy (non-hydrogen) atoms. The van der Waals surface area contributed by atoms with Gasteiger partial charge in [-0.15, -0.1) is 0 Å². The normalized spacial score (nSPS) is 12.9. The minimum absolute atomic E-state index is 0.175. The molecule has 0 aliphatic heterocycles. The number of hydrogen-bond acceptors (Lipinski definition) is 5. The molecule has 1 atom stereocenters. The van der Waals surface area contributed by atoms with E-state index in [4.69, 9.17) is 0 Å². The third kappa shape index (κ3) is 2.75. The molecule has 0 spiro atoms. The van der Waals surface area contributed by atoms with E-state index in [0.29, 0.717) is 17.7 Å². The summed E-state index contributed by atoms with van der Waals surface area (Å²) in [6.45, 7) is 4.58. The molecule has 0 saturated heterocycles. The van der Waals surface area contributed by atoms with Crippen LogP contribution < -0.4 is 11.2 Å². The number of nitrogens with zero attached hydrogens (tertiary/aromatic N) is 6. The summed E-state index contributed by atoms with van der Waals surface area (Å²) in [4.78, 5) is 33.2. The van der Waals surface area contributed by atoms with Crippen LogP contribution in [0.5, 0.6) is 0 Å². The van der Waals surface area contributed by atoms with Gasteiger partial charge in [0, 0.05) is 14.1 Å². The number of aliphatic hydroxyl groups excluding tert-OH is 1. The summed E-state index contributed by atoms with van der Waals surface area (Å²) < 4.78 is 5.87. The van der Waals surface area contributed by atoms with Crippen LogP contribution in [0.1, 0.15) is 11.1 Å². The van der Waals surface area contributed by atoms with Gasteiger partial charge >= 0.3 is 5.69 Å². The Kier molecular flexibility index (Phi) is 4.19. The second-order valence-electron chi connectivity index (χ2n) is 7.25. The Bertz CT molecular complexity index is 1320. The lowest BCUT2D eigenvalue weighted by Gasteiger charge is -2.14. The maximum atomic E-state index is 12.5. The van der Waals surface area contributed by atoms with Gasteiger partial charge in [-0.25, -0.2) is 14.8 Å². The first kappa shape index (κ1) is 18.2. The van der Waals surface area contributed by atoms with Crippen molar-refractivity contribution in [1.82, 2.24) is 28.2 Å². The maximum absolute atomic E-state index is 12.5. The molecule has 4 rings (SSSR count). The Morgan fingerprint density at radius 2 is 1.61 bits per heavy atom. The molecule has 9 heteroatoms. The molecule has 9 nitrogen and oxygen atoms in total. The molecule has 0 bridgehead atoms. The molecule has 1 aromatic carbocycles. The Balaban J connectivity index is 1.67. The standard InChI is InChI=1S/C19H22N6O3/c1-11-5-14-15(6-12(11)2)24(9-20-14)7-13(26)8-25-10-21-17-16(25)18(27)23(4)19(28)22(17)3/h5-6,9-10,13,26H,7-8H2,1-4H3. The zero-order valence-electron chi connectivity index (χ0n) is 16.2. The second kappa shape index (κ2) is 6.45. The van der Waals surface area contributed by atoms with Crippen molar-refractivity contribution in [3.05, 3.63) is 56.8 Å². The van der Waals surface area contributed by atoms with Gasteiger partial charge < -0.3 is 14.2 Å². The Morgan fingerprint density at radius 3 is 2.36 bits per heavy atom. The molecule has 0 aliphatic carbocycles. The first-order valence-electron chi connectivity index (χ1n) is 8.99. The molecule has 3 heterocycles. The average Bonchev–Trinajstić information content (AvgIpc) is 3.23. The predicted octanol–water partition coefficient (Wildman–Crippen LogP) is 0.461. The molecule has 4 aromatic rings. The van der Waals surface area contributed by atoms with Crippen molar-refractivity contribution >= 4 is 22.2 Å². The van der Waals surface area contributed by atoms with Crippen molar-refractivity contribution < 1.29 is 5.11 Å². The minimum Gasteiger partial charge on any atom is -0.389 e. The quantitative estimate of drug-likeness (QED) is 0.553. The van der Waals surface area contributed by atoms with Crippen LogP contribution in [0.3, 0.4) is 0 Å². The highest BCUT2D eigenvalue weighted by Gasteiger charge is 2.17. The van der Waals surface area contributed by atoms with E-state index in [1.807, 2.05) is 24.5 Å². The number of benzene rings is 1. The van der Waals surface area contributed by atoms with Crippen LogP contribution in [0.15, 0.2) is 34.4 Å². The number of rotatable bonds is 4. The lowest BCUT2D eigenvalue weighted by molar-refractivity contribution is 0.137. The monoisotopic (exact) mass is 382 g/mol. The fourth-order valence-electron chi connectivity index (χ4n) is 3.51. The molecular formula is C19H22N6O3. The smallest absolute Gasteiger partial charge is 0.332 e. The zero-order valence-corrected chi connectivity index (χ0v) is 16.2. The summed E-state index contributed by atoms with van der Waals surface area (Å²) in [7, 11) is 3.00. The molecule has 0 saturated carbocycles. The van der Waals surface area contributed by atoms with Gasteiger partial charge in [0.25, 0.3) is 5.56 Å². The number of fused-ring (bicyclic) bond motifs is 2. The van der Waals surface area contributed by atoms with Crippen molar-refractivity contribution in [3.63, 3.8) is 0 Å². The number of aryl methyl sites for hydroxylation is 3. The van der Waals surface area contributed by atoms with E-state index in [1.54, 1.807) is 17.9 Å². The summed E-state index contributed by atoms with van der Waals surface area (Å²) in [6.07, 6.45) is 2.42. The highest BCUT2D eigenvalue weighted by atomic mass is 16.3. The first-order valence-corrected chi connectivity index (χ1v) is 8.99. The van der Waals surface area contributed by atoms with Crippen molar-refractivity contribution in [3.8, 4) is 0 Å². The van der Waals surface area contributed by atoms with Gasteiger partial charge in [-0.3, -0.25) is 13.9 Å². The van der Waals surface area contributed by atoms with E-state index < -0.39 is 17.4 Å². The summed E-state index contributed by atoms with van der Waals surface area (Å²) in [6, 6.07) is 4.09. The van der Waals surface area contributed by atoms with Crippen LogP contribution in [0.4, 0.5) is 0 Å². The fourth-order valence-corrected chi connectivity index (χ4v) is 3.51. The van der Waals surface area contributed by atoms with Crippen molar-refractivity contribution in [2.75, 3.05) is 0 Å². The average molecular weight is 382 g/mol. The molecular weight excluding hydrogens is 360 g/mol. The molecule has 146 valence electrons. The summed E-state index contributed by atoms with van der Waals surface area (Å²) in [5.41, 5.74) is 3.91. The van der Waals surface area contributed by atoms with E-state index >= 15 is 0 Å². The minimum atomic E-state index is -0.765. The van der Waals surface area contributed by atoms with E-state index in [2.05, 4.69) is 16.0 Å². The number of aromatic nitrogens is 6. The highest BCUT2D eigenvalue weighted by Crippen LogP contribution is 2.19. The number of aliphatic hydroxyl groups is 1. The van der Waals surface area contributed by atoms with Gasteiger partial charge in [0.15, 0.2) is 11.2 Å². The van der Waals surface area contributed by atoms with Gasteiger partial charge in [0.1, 0.15) is 0 Å². The van der Waals surface area contributed by atoms with Crippen LogP contribution in [0.25, 0.3) is 22.2 Å². The fraction of sp³-hybridized carbons (Fsp3) is 0.368. The maximum Gasteiger partial charge on any atom is 0.332 e. The van der Waals surface area contributed by atoms with Crippen LogP contribution in [-0.2, 0) is 27.2 Å². The number of hydrogen-bond donors (Lipinski definition) is 1. The van der Waals surface area contributed by atoms with Crippen molar-refractivity contribution in [2.45, 2.75) is 33.0 Å². The van der Waals surface area contributed by atoms with Gasteiger partial charge in [-0.05, 0) is 37.1 Å². The lowest BCUT2D eigenvalue weighted by atomic mass is 10.1. The Labute approximate surface area is 160 Å². The number of imidazole rings is 2. The van der Waals surface area contributed by atoms with Crippen molar-refractivity contribution in [2.24, 2.45) is 14.1 Å². The highest BCUT2D eigenvalue weighted by molar-refractivity contribution is 5.77. The third-order valence-corrected chi connectivity index (χ3v) is 5.27. The summed E-state index contributed by atoms with van der Waals surface area (Å²) >= 11 is 0. The van der Waals surface area contributed by atoms with Gasteiger partial charge in [-0.1, -0.05) is 0 Å². The van der Waals surface area contributed by atoms with Gasteiger partial charge in [-0.2, -0.15) is 0 Å². The molecule has 0 amide bonds. The van der Waals surface area contributed by atoms with Gasteiger partial charge in [0.2, 0.25) is 0 Å². The topological polar surface area (TPSA) is 99.9 Å². The summed E-state index contributed by atoms with van der Waals surface area (Å²) in [5.74, 6) is 0. The molecule has 0 fully saturated rings. The van der Waals surface area contributed by atoms with Crippen LogP contribution >= 0.6 is 0 Å². The molecule has 3 aromatic heterocycles. The van der Waals surface area contributed by atoms with E-state index in [1.165, 1.54) is 23.5 Å². The summed E-state index contributed by atoms with van der Waals surface area (Å²) in [5, 5.41) is 10.6. The molecule has 1 N–H and O–H groups in total. The lowest BCUT2D eigenvalue weighted by Crippen LogP contribution is -2.38. The van der Waals surface area contributed by atoms with Crippen LogP contribution in [0, 0.1) is 13.8 Å². The molecule has 1 unspecified atom stereocenters. The van der Waals surface area contributed by atoms with Crippen LogP contribution in [0.2, 0.25) is 0 Å². The van der Waals surface area contributed by atoms with E-state index in [9.17, 15) is 14.7 Å². The Morgan fingerprint density at radius 1 is 0.964 bits per heavy atom. The zero-order chi connectivity index (χ0) is 20.2. The van der Waals surface area contributed by atoms with Crippen LogP contribution in [-0.4, -0.2) is 39.4 Å². The van der Waals surface area contributed by atoms with E-state index in [0.717, 1.165) is 21.2 Å². The first-order chi connectivity index (χ1) is 13.3. The van der Waals surface area contributed by atoms with Crippen molar-refractivity contribution in [1.29, 1.82) is 0 Å². The molecule has 0 aliphatic rings. The molecule has 0 radical (unpaired) electrons. The van der Waals surface area contributed by atoms with E-state index in [-0.39, 0.29) is 6.54 Å². The predicted molar refractivity (Wildman–Crippen MR) is 105 cm³/mol. The van der Waals surface area contributed by atoms with Gasteiger partial charge in [0.05, 0.1) is 42.9 Å².